The predicted molar refractivity (Wildman–Crippen MR) is 79.2 cm³/mol. The van der Waals surface area contributed by atoms with Gasteiger partial charge in [0.1, 0.15) is 11.2 Å². The van der Waals surface area contributed by atoms with Crippen LogP contribution in [0.25, 0.3) is 10.2 Å². The summed E-state index contributed by atoms with van der Waals surface area (Å²) in [6.07, 6.45) is 0.821. The molecule has 7 heteroatoms. The number of hydrogen-bond donors (Lipinski definition) is 1. The molecular formula is C13H17N3O3S. The molecular weight excluding hydrogens is 278 g/mol. The van der Waals surface area contributed by atoms with E-state index < -0.39 is 5.69 Å². The van der Waals surface area contributed by atoms with Crippen LogP contribution in [0.15, 0.2) is 21.0 Å². The SMILES string of the molecule is CCC(C)NC(=O)Cn1c(=O)n(C)c(=O)c2sccc21. The molecule has 6 nitrogen and oxygen atoms in total. The van der Waals surface area contributed by atoms with Crippen LogP contribution in [-0.4, -0.2) is 21.1 Å². The van der Waals surface area contributed by atoms with Crippen LogP contribution in [0.1, 0.15) is 20.3 Å². The van der Waals surface area contributed by atoms with Crippen molar-refractivity contribution in [3.63, 3.8) is 0 Å². The lowest BCUT2D eigenvalue weighted by atomic mass is 10.2. The first-order chi connectivity index (χ1) is 9.45. The Bertz CT molecular complexity index is 756. The fourth-order valence-electron chi connectivity index (χ4n) is 1.92. The Morgan fingerprint density at radius 1 is 1.45 bits per heavy atom. The average molecular weight is 295 g/mol. The molecule has 20 heavy (non-hydrogen) atoms. The van der Waals surface area contributed by atoms with E-state index in [0.717, 1.165) is 11.0 Å². The van der Waals surface area contributed by atoms with Crippen LogP contribution in [0.2, 0.25) is 0 Å². The number of thiophene rings is 1. The van der Waals surface area contributed by atoms with E-state index in [9.17, 15) is 14.4 Å². The first-order valence-corrected chi connectivity index (χ1v) is 7.30. The van der Waals surface area contributed by atoms with Gasteiger partial charge in [-0.15, -0.1) is 11.3 Å². The van der Waals surface area contributed by atoms with Gasteiger partial charge in [-0.2, -0.15) is 0 Å². The first kappa shape index (κ1) is 14.5. The minimum absolute atomic E-state index is 0.0590. The van der Waals surface area contributed by atoms with Crippen LogP contribution in [-0.2, 0) is 18.4 Å². The molecule has 1 unspecified atom stereocenters. The molecule has 0 aliphatic rings. The first-order valence-electron chi connectivity index (χ1n) is 6.42. The van der Waals surface area contributed by atoms with Gasteiger partial charge in [0.05, 0.1) is 5.52 Å². The quantitative estimate of drug-likeness (QED) is 0.901. The monoisotopic (exact) mass is 295 g/mol. The molecule has 0 fully saturated rings. The smallest absolute Gasteiger partial charge is 0.331 e. The van der Waals surface area contributed by atoms with Crippen molar-refractivity contribution in [3.8, 4) is 0 Å². The molecule has 0 aromatic carbocycles. The number of nitrogens with zero attached hydrogens (tertiary/aromatic N) is 2. The minimum Gasteiger partial charge on any atom is -0.352 e. The van der Waals surface area contributed by atoms with E-state index in [4.69, 9.17) is 0 Å². The molecule has 0 bridgehead atoms. The van der Waals surface area contributed by atoms with Crippen molar-refractivity contribution in [2.75, 3.05) is 0 Å². The van der Waals surface area contributed by atoms with Crippen molar-refractivity contribution in [2.45, 2.75) is 32.9 Å². The van der Waals surface area contributed by atoms with Crippen molar-refractivity contribution >= 4 is 27.5 Å². The molecule has 2 aromatic rings. The Hall–Kier alpha value is -1.89. The van der Waals surface area contributed by atoms with Gasteiger partial charge in [-0.05, 0) is 24.8 Å². The molecule has 0 aliphatic carbocycles. The largest absolute Gasteiger partial charge is 0.352 e. The summed E-state index contributed by atoms with van der Waals surface area (Å²) < 4.78 is 2.86. The highest BCUT2D eigenvalue weighted by Crippen LogP contribution is 2.14. The van der Waals surface area contributed by atoms with Crippen LogP contribution < -0.4 is 16.6 Å². The molecule has 0 aliphatic heterocycles. The van der Waals surface area contributed by atoms with Crippen molar-refractivity contribution in [1.82, 2.24) is 14.5 Å². The van der Waals surface area contributed by atoms with E-state index in [2.05, 4.69) is 5.32 Å². The topological polar surface area (TPSA) is 73.1 Å². The van der Waals surface area contributed by atoms with Crippen LogP contribution in [0.5, 0.6) is 0 Å². The summed E-state index contributed by atoms with van der Waals surface area (Å²) in [4.78, 5) is 36.0. The summed E-state index contributed by atoms with van der Waals surface area (Å²) in [6, 6.07) is 1.75. The van der Waals surface area contributed by atoms with Crippen LogP contribution in [0.3, 0.4) is 0 Å². The van der Waals surface area contributed by atoms with Crippen LogP contribution in [0, 0.1) is 0 Å². The van der Waals surface area contributed by atoms with Gasteiger partial charge in [0.15, 0.2) is 0 Å². The number of carbonyl (C=O) groups is 1. The number of aromatic nitrogens is 2. The lowest BCUT2D eigenvalue weighted by Gasteiger charge is -2.13. The third-order valence-electron chi connectivity index (χ3n) is 3.27. The zero-order valence-corrected chi connectivity index (χ0v) is 12.5. The van der Waals surface area contributed by atoms with Gasteiger partial charge < -0.3 is 5.32 Å². The van der Waals surface area contributed by atoms with Crippen molar-refractivity contribution < 1.29 is 4.79 Å². The Kier molecular flexibility index (Phi) is 4.08. The van der Waals surface area contributed by atoms with Crippen molar-refractivity contribution in [1.29, 1.82) is 0 Å². The Labute approximate surface area is 119 Å². The summed E-state index contributed by atoms with van der Waals surface area (Å²) >= 11 is 1.27. The molecule has 1 amide bonds. The molecule has 0 saturated heterocycles. The molecule has 2 aromatic heterocycles. The minimum atomic E-state index is -0.472. The maximum absolute atomic E-state index is 12.1. The van der Waals surface area contributed by atoms with Gasteiger partial charge in [-0.3, -0.25) is 18.7 Å². The van der Waals surface area contributed by atoms with Gasteiger partial charge in [0.2, 0.25) is 5.91 Å². The summed E-state index contributed by atoms with van der Waals surface area (Å²) in [5.41, 5.74) is -0.277. The summed E-state index contributed by atoms with van der Waals surface area (Å²) in [6.45, 7) is 3.80. The summed E-state index contributed by atoms with van der Waals surface area (Å²) in [5, 5.41) is 4.56. The highest BCUT2D eigenvalue weighted by atomic mass is 32.1. The fourth-order valence-corrected chi connectivity index (χ4v) is 2.79. The zero-order chi connectivity index (χ0) is 14.9. The second-order valence-corrected chi connectivity index (χ2v) is 5.66. The fraction of sp³-hybridized carbons (Fsp3) is 0.462. The van der Waals surface area contributed by atoms with Gasteiger partial charge in [0, 0.05) is 13.1 Å². The average Bonchev–Trinajstić information content (AvgIpc) is 2.90. The Balaban J connectivity index is 2.45. The van der Waals surface area contributed by atoms with Gasteiger partial charge in [0.25, 0.3) is 5.56 Å². The second-order valence-electron chi connectivity index (χ2n) is 4.74. The molecule has 0 radical (unpaired) electrons. The number of rotatable bonds is 4. The van der Waals surface area contributed by atoms with E-state index in [-0.39, 0.29) is 24.1 Å². The third-order valence-corrected chi connectivity index (χ3v) is 4.17. The number of carbonyl (C=O) groups excluding carboxylic acids is 1. The Morgan fingerprint density at radius 2 is 2.15 bits per heavy atom. The molecule has 1 N–H and O–H groups in total. The van der Waals surface area contributed by atoms with Crippen molar-refractivity contribution in [3.05, 3.63) is 32.3 Å². The van der Waals surface area contributed by atoms with Gasteiger partial charge in [-0.1, -0.05) is 6.92 Å². The van der Waals surface area contributed by atoms with E-state index in [1.54, 1.807) is 11.4 Å². The van der Waals surface area contributed by atoms with Crippen molar-refractivity contribution in [2.24, 2.45) is 7.05 Å². The molecule has 0 spiro atoms. The summed E-state index contributed by atoms with van der Waals surface area (Å²) in [7, 11) is 1.42. The molecule has 0 saturated carbocycles. The highest BCUT2D eigenvalue weighted by Gasteiger charge is 2.15. The maximum atomic E-state index is 12.1. The van der Waals surface area contributed by atoms with Crippen LogP contribution >= 0.6 is 11.3 Å². The molecule has 2 heterocycles. The highest BCUT2D eigenvalue weighted by molar-refractivity contribution is 7.17. The Morgan fingerprint density at radius 3 is 2.80 bits per heavy atom. The molecule has 108 valence electrons. The number of nitrogens with one attached hydrogen (secondary N) is 1. The second kappa shape index (κ2) is 5.62. The van der Waals surface area contributed by atoms with Gasteiger partial charge >= 0.3 is 5.69 Å². The van der Waals surface area contributed by atoms with E-state index in [1.165, 1.54) is 23.0 Å². The normalized spacial score (nSPS) is 12.6. The van der Waals surface area contributed by atoms with E-state index in [1.807, 2.05) is 13.8 Å². The number of amides is 1. The van der Waals surface area contributed by atoms with E-state index in [0.29, 0.717) is 10.2 Å². The number of fused-ring (bicyclic) bond motifs is 1. The molecule has 2 rings (SSSR count). The lowest BCUT2D eigenvalue weighted by Crippen LogP contribution is -2.42. The molecule has 1 atom stereocenters. The third kappa shape index (κ3) is 2.53. The zero-order valence-electron chi connectivity index (χ0n) is 11.7. The van der Waals surface area contributed by atoms with Crippen LogP contribution in [0.4, 0.5) is 0 Å². The standard InChI is InChI=1S/C13H17N3O3S/c1-4-8(2)14-10(17)7-16-9-5-6-20-11(9)12(18)15(3)13(16)19/h5-6,8H,4,7H2,1-3H3,(H,14,17). The van der Waals surface area contributed by atoms with E-state index >= 15 is 0 Å². The predicted octanol–water partition coefficient (Wildman–Crippen LogP) is 0.676. The lowest BCUT2D eigenvalue weighted by molar-refractivity contribution is -0.122. The number of hydrogen-bond acceptors (Lipinski definition) is 4. The maximum Gasteiger partial charge on any atom is 0.331 e. The van der Waals surface area contributed by atoms with Gasteiger partial charge in [-0.25, -0.2) is 4.79 Å². The summed E-state index contributed by atoms with van der Waals surface area (Å²) in [5.74, 6) is -0.229.